The van der Waals surface area contributed by atoms with Crippen LogP contribution < -0.4 is 22.1 Å². The summed E-state index contributed by atoms with van der Waals surface area (Å²) in [4.78, 5) is 39.1. The predicted octanol–water partition coefficient (Wildman–Crippen LogP) is 1.71. The fourth-order valence-electron chi connectivity index (χ4n) is 3.95. The van der Waals surface area contributed by atoms with E-state index in [0.29, 0.717) is 51.3 Å². The van der Waals surface area contributed by atoms with Gasteiger partial charge in [0.25, 0.3) is 5.91 Å². The largest absolute Gasteiger partial charge is 0.508 e. The number of carbonyl (C=O) groups excluding carboxylic acids is 2. The molecule has 11 nitrogen and oxygen atoms in total. The summed E-state index contributed by atoms with van der Waals surface area (Å²) in [7, 11) is 0. The molecule has 1 aromatic heterocycles. The summed E-state index contributed by atoms with van der Waals surface area (Å²) in [6.07, 6.45) is 2.45. The molecule has 2 amide bonds. The lowest BCUT2D eigenvalue weighted by Gasteiger charge is -2.39. The van der Waals surface area contributed by atoms with Crippen molar-refractivity contribution in [3.8, 4) is 5.75 Å². The summed E-state index contributed by atoms with van der Waals surface area (Å²) in [6, 6.07) is 6.88. The van der Waals surface area contributed by atoms with Crippen LogP contribution in [0.3, 0.4) is 0 Å². The molecule has 3 heterocycles. The molecular formula is C23H31ClN8O3. The number of anilines is 2. The molecule has 1 spiro atoms. The summed E-state index contributed by atoms with van der Waals surface area (Å²) < 4.78 is 0. The number of nitrogens with two attached hydrogens (primary N) is 2. The van der Waals surface area contributed by atoms with E-state index >= 15 is 0 Å². The number of likely N-dealkylation sites (tertiary alicyclic amines) is 1. The van der Waals surface area contributed by atoms with Crippen molar-refractivity contribution in [2.75, 3.05) is 31.1 Å². The van der Waals surface area contributed by atoms with Crippen LogP contribution in [0.25, 0.3) is 0 Å². The molecule has 1 fully saturated rings. The van der Waals surface area contributed by atoms with Crippen LogP contribution in [0.5, 0.6) is 5.75 Å². The van der Waals surface area contributed by atoms with Crippen LogP contribution in [0, 0.1) is 0 Å². The first-order valence-corrected chi connectivity index (χ1v) is 11.9. The summed E-state index contributed by atoms with van der Waals surface area (Å²) in [6.45, 7) is 5.69. The Bertz CT molecular complexity index is 1100. The maximum Gasteiger partial charge on any atom is 0.280 e. The van der Waals surface area contributed by atoms with Crippen LogP contribution in [0.1, 0.15) is 49.2 Å². The summed E-state index contributed by atoms with van der Waals surface area (Å²) in [5.41, 5.74) is 11.8. The van der Waals surface area contributed by atoms with Crippen molar-refractivity contribution in [3.63, 3.8) is 0 Å². The van der Waals surface area contributed by atoms with Gasteiger partial charge < -0.3 is 26.8 Å². The van der Waals surface area contributed by atoms with E-state index < -0.39 is 5.91 Å². The smallest absolute Gasteiger partial charge is 0.280 e. The maximum absolute atomic E-state index is 12.6. The third kappa shape index (κ3) is 6.30. The van der Waals surface area contributed by atoms with E-state index in [9.17, 15) is 14.7 Å². The number of nitrogens with one attached hydrogen (secondary N) is 2. The summed E-state index contributed by atoms with van der Waals surface area (Å²) >= 11 is 5.84. The quantitative estimate of drug-likeness (QED) is 0.420. The van der Waals surface area contributed by atoms with Gasteiger partial charge in [-0.05, 0) is 37.0 Å². The minimum absolute atomic E-state index is 0.0506. The Labute approximate surface area is 209 Å². The molecule has 1 aromatic carbocycles. The number of aromatic nitrogens is 2. The molecular weight excluding hydrogens is 472 g/mol. The molecule has 0 saturated carbocycles. The van der Waals surface area contributed by atoms with Gasteiger partial charge in [0, 0.05) is 19.5 Å². The van der Waals surface area contributed by atoms with Crippen LogP contribution in [0.15, 0.2) is 29.3 Å². The number of amides is 2. The number of aliphatic imine (C=N–C) groups is 1. The van der Waals surface area contributed by atoms with Gasteiger partial charge in [-0.1, -0.05) is 37.6 Å². The fraction of sp³-hybridized carbons (Fsp3) is 0.435. The molecule has 0 unspecified atom stereocenters. The number of guanidine groups is 1. The lowest BCUT2D eigenvalue weighted by Crippen LogP contribution is -2.57. The normalized spacial score (nSPS) is 16.1. The van der Waals surface area contributed by atoms with E-state index in [2.05, 4.69) is 25.6 Å². The fourth-order valence-corrected chi connectivity index (χ4v) is 4.07. The molecule has 4 rings (SSSR count). The van der Waals surface area contributed by atoms with Crippen LogP contribution in [-0.2, 0) is 11.2 Å². The number of piperidine rings is 1. The number of phenols is 1. The molecule has 35 heavy (non-hydrogen) atoms. The molecule has 188 valence electrons. The number of halogens is 1. The SMILES string of the molecule is CC.Nc1nc(N)c(C(=O)NC2=NCC3(CCN(C(=O)CCc4ccc(O)cc4)CC3)N2)nc1Cl. The summed E-state index contributed by atoms with van der Waals surface area (Å²) in [5.74, 6) is -0.137. The number of benzene rings is 1. The van der Waals surface area contributed by atoms with Crippen molar-refractivity contribution in [3.05, 3.63) is 40.7 Å². The van der Waals surface area contributed by atoms with Crippen molar-refractivity contribution >= 4 is 41.0 Å². The zero-order valence-corrected chi connectivity index (χ0v) is 20.6. The summed E-state index contributed by atoms with van der Waals surface area (Å²) in [5, 5.41) is 15.2. The molecule has 7 N–H and O–H groups in total. The highest BCUT2D eigenvalue weighted by atomic mass is 35.5. The maximum atomic E-state index is 12.6. The van der Waals surface area contributed by atoms with Gasteiger partial charge in [-0.15, -0.1) is 0 Å². The second-order valence-corrected chi connectivity index (χ2v) is 8.56. The number of hydrogen-bond acceptors (Lipinski definition) is 9. The van der Waals surface area contributed by atoms with E-state index in [0.717, 1.165) is 5.56 Å². The molecule has 12 heteroatoms. The Kier molecular flexibility index (Phi) is 8.34. The van der Waals surface area contributed by atoms with Crippen LogP contribution in [0.4, 0.5) is 11.6 Å². The van der Waals surface area contributed by atoms with Crippen LogP contribution in [-0.4, -0.2) is 62.9 Å². The van der Waals surface area contributed by atoms with Crippen molar-refractivity contribution in [1.29, 1.82) is 0 Å². The van der Waals surface area contributed by atoms with Gasteiger partial charge in [0.2, 0.25) is 5.91 Å². The van der Waals surface area contributed by atoms with Gasteiger partial charge in [0.1, 0.15) is 5.75 Å². The Morgan fingerprint density at radius 3 is 2.46 bits per heavy atom. The number of nitrogen functional groups attached to an aromatic ring is 2. The molecule has 2 aromatic rings. The monoisotopic (exact) mass is 502 g/mol. The Hall–Kier alpha value is -3.60. The minimum Gasteiger partial charge on any atom is -0.508 e. The molecule has 0 bridgehead atoms. The Balaban J connectivity index is 0.00000167. The highest BCUT2D eigenvalue weighted by molar-refractivity contribution is 6.31. The van der Waals surface area contributed by atoms with Crippen molar-refractivity contribution < 1.29 is 14.7 Å². The van der Waals surface area contributed by atoms with Crippen molar-refractivity contribution in [2.24, 2.45) is 4.99 Å². The number of hydrogen-bond donors (Lipinski definition) is 5. The second kappa shape index (κ2) is 11.2. The number of carbonyl (C=O) groups is 2. The Morgan fingerprint density at radius 2 is 1.80 bits per heavy atom. The van der Waals surface area contributed by atoms with Gasteiger partial charge >= 0.3 is 0 Å². The average molecular weight is 503 g/mol. The lowest BCUT2D eigenvalue weighted by molar-refractivity contribution is -0.132. The van der Waals surface area contributed by atoms with E-state index in [1.165, 1.54) is 0 Å². The van der Waals surface area contributed by atoms with E-state index in [4.69, 9.17) is 23.1 Å². The van der Waals surface area contributed by atoms with Gasteiger partial charge in [-0.25, -0.2) is 9.97 Å². The Morgan fingerprint density at radius 1 is 1.14 bits per heavy atom. The van der Waals surface area contributed by atoms with Gasteiger partial charge in [-0.2, -0.15) is 0 Å². The molecule has 0 atom stereocenters. The van der Waals surface area contributed by atoms with Gasteiger partial charge in [0.05, 0.1) is 12.1 Å². The van der Waals surface area contributed by atoms with Crippen LogP contribution in [0.2, 0.25) is 5.15 Å². The average Bonchev–Trinajstić information content (AvgIpc) is 3.24. The van der Waals surface area contributed by atoms with Crippen molar-refractivity contribution in [1.82, 2.24) is 25.5 Å². The molecule has 2 aliphatic heterocycles. The minimum atomic E-state index is -0.591. The number of rotatable bonds is 4. The predicted molar refractivity (Wildman–Crippen MR) is 135 cm³/mol. The van der Waals surface area contributed by atoms with Gasteiger partial charge in [-0.3, -0.25) is 19.9 Å². The highest BCUT2D eigenvalue weighted by Gasteiger charge is 2.40. The molecule has 2 aliphatic rings. The second-order valence-electron chi connectivity index (χ2n) is 8.21. The number of phenolic OH excluding ortho intramolecular Hbond substituents is 1. The number of aromatic hydroxyl groups is 1. The standard InChI is InChI=1S/C21H25ClN8O3.C2H6/c22-16-18(24)27-17(23)15(26-16)19(33)28-20-25-11-21(29-20)7-9-30(10-8-21)14(32)6-3-12-1-4-13(31)5-2-12;1-2/h1-2,4-5,31H,3,6-11H2,(H4,23,24,27)(H2,25,28,29,33);1-2H3. The molecule has 0 radical (unpaired) electrons. The lowest BCUT2D eigenvalue weighted by atomic mass is 9.88. The van der Waals surface area contributed by atoms with E-state index in [1.807, 2.05) is 30.9 Å². The van der Waals surface area contributed by atoms with Gasteiger partial charge in [0.15, 0.2) is 28.4 Å². The number of nitrogens with zero attached hydrogens (tertiary/aromatic N) is 4. The zero-order chi connectivity index (χ0) is 25.6. The zero-order valence-electron chi connectivity index (χ0n) is 19.8. The highest BCUT2D eigenvalue weighted by Crippen LogP contribution is 2.26. The first-order valence-electron chi connectivity index (χ1n) is 11.5. The van der Waals surface area contributed by atoms with E-state index in [-0.39, 0.29) is 39.7 Å². The third-order valence-corrected chi connectivity index (χ3v) is 6.19. The molecule has 0 aliphatic carbocycles. The van der Waals surface area contributed by atoms with Crippen LogP contribution >= 0.6 is 11.6 Å². The van der Waals surface area contributed by atoms with E-state index in [1.54, 1.807) is 12.1 Å². The van der Waals surface area contributed by atoms with Crippen molar-refractivity contribution in [2.45, 2.75) is 45.1 Å². The topological polar surface area (TPSA) is 172 Å². The molecule has 1 saturated heterocycles. The first-order chi connectivity index (χ1) is 16.7. The number of aryl methyl sites for hydroxylation is 1. The first kappa shape index (κ1) is 26.0. The third-order valence-electron chi connectivity index (χ3n) is 5.91.